The number of nitrogens with zero attached hydrogens (tertiary/aromatic N) is 3. The molecule has 2 aromatic carbocycles. The Morgan fingerprint density at radius 2 is 1.97 bits per heavy atom. The number of ether oxygens (including phenoxy) is 1. The molecule has 8 heteroatoms. The minimum atomic E-state index is -0.487. The molecule has 3 N–H and O–H groups in total. The zero-order valence-corrected chi connectivity index (χ0v) is 19.1. The van der Waals surface area contributed by atoms with Gasteiger partial charge < -0.3 is 20.7 Å². The van der Waals surface area contributed by atoms with Crippen LogP contribution in [0.2, 0.25) is 0 Å². The highest BCUT2D eigenvalue weighted by Crippen LogP contribution is 2.39. The Balaban J connectivity index is 1.31. The van der Waals surface area contributed by atoms with E-state index in [9.17, 15) is 9.18 Å². The maximum Gasteiger partial charge on any atom is 0.255 e. The van der Waals surface area contributed by atoms with E-state index in [1.165, 1.54) is 38.2 Å². The minimum absolute atomic E-state index is 0.105. The summed E-state index contributed by atoms with van der Waals surface area (Å²) in [5.74, 6) is 1.61. The molecule has 1 fully saturated rings. The fraction of sp³-hybridized carbons (Fsp3) is 0.346. The first-order chi connectivity index (χ1) is 16.5. The van der Waals surface area contributed by atoms with E-state index in [-0.39, 0.29) is 17.6 Å². The second kappa shape index (κ2) is 9.29. The Labute approximate surface area is 198 Å². The molecule has 2 heterocycles. The van der Waals surface area contributed by atoms with Gasteiger partial charge in [0.1, 0.15) is 35.3 Å². The Morgan fingerprint density at radius 1 is 1.21 bits per heavy atom. The third kappa shape index (κ3) is 4.16. The number of benzene rings is 2. The summed E-state index contributed by atoms with van der Waals surface area (Å²) in [5, 5.41) is 2.83. The van der Waals surface area contributed by atoms with Gasteiger partial charge in [0, 0.05) is 24.9 Å². The lowest BCUT2D eigenvalue weighted by Gasteiger charge is -2.30. The van der Waals surface area contributed by atoms with Crippen LogP contribution < -0.4 is 15.8 Å². The fourth-order valence-corrected chi connectivity index (χ4v) is 5.04. The number of aliphatic imine (C=N–C) groups is 2. The van der Waals surface area contributed by atoms with Gasteiger partial charge in [-0.3, -0.25) is 9.79 Å². The maximum absolute atomic E-state index is 13.6. The molecule has 34 heavy (non-hydrogen) atoms. The number of nitrogens with one attached hydrogen (secondary N) is 1. The van der Waals surface area contributed by atoms with Gasteiger partial charge >= 0.3 is 0 Å². The smallest absolute Gasteiger partial charge is 0.255 e. The molecule has 1 aliphatic carbocycles. The third-order valence-electron chi connectivity index (χ3n) is 6.79. The van der Waals surface area contributed by atoms with Crippen molar-refractivity contribution in [3.8, 4) is 5.75 Å². The Hall–Kier alpha value is -3.68. The first-order valence-electron chi connectivity index (χ1n) is 11.6. The van der Waals surface area contributed by atoms with E-state index in [1.54, 1.807) is 6.20 Å². The van der Waals surface area contributed by atoms with Crippen LogP contribution in [-0.2, 0) is 6.54 Å². The topological polar surface area (TPSA) is 92.3 Å². The lowest BCUT2D eigenvalue weighted by atomic mass is 9.97. The summed E-state index contributed by atoms with van der Waals surface area (Å²) in [5.41, 5.74) is 8.45. The second-order valence-corrected chi connectivity index (χ2v) is 8.89. The number of hydrogen-bond donors (Lipinski definition) is 2. The molecule has 0 aromatic heterocycles. The highest BCUT2D eigenvalue weighted by molar-refractivity contribution is 5.98. The molecule has 1 saturated carbocycles. The van der Waals surface area contributed by atoms with E-state index in [0.717, 1.165) is 29.8 Å². The molecular formula is C26H28FN5O2. The molecule has 2 aromatic rings. The number of rotatable bonds is 6. The van der Waals surface area contributed by atoms with Crippen molar-refractivity contribution in [2.24, 2.45) is 21.6 Å². The summed E-state index contributed by atoms with van der Waals surface area (Å²) in [6, 6.07) is 11.7. The van der Waals surface area contributed by atoms with Crippen LogP contribution in [0.5, 0.6) is 5.75 Å². The molecule has 1 amide bonds. The van der Waals surface area contributed by atoms with Crippen LogP contribution in [0, 0.1) is 11.7 Å². The lowest BCUT2D eigenvalue weighted by molar-refractivity contribution is 0.0947. The predicted octanol–water partition coefficient (Wildman–Crippen LogP) is 3.92. The van der Waals surface area contributed by atoms with Crippen molar-refractivity contribution in [2.45, 2.75) is 44.3 Å². The largest absolute Gasteiger partial charge is 0.496 e. The monoisotopic (exact) mass is 461 g/mol. The number of fused-ring (bicyclic) bond motifs is 1. The second-order valence-electron chi connectivity index (χ2n) is 8.89. The number of methoxy groups -OCH3 is 1. The molecule has 0 bridgehead atoms. The average molecular weight is 462 g/mol. The molecule has 0 radical (unpaired) electrons. The van der Waals surface area contributed by atoms with Gasteiger partial charge in [-0.25, -0.2) is 9.38 Å². The van der Waals surface area contributed by atoms with E-state index in [1.807, 2.05) is 30.5 Å². The Kier molecular flexibility index (Phi) is 6.04. The highest BCUT2D eigenvalue weighted by Gasteiger charge is 2.42. The first kappa shape index (κ1) is 22.1. The van der Waals surface area contributed by atoms with Crippen molar-refractivity contribution in [1.82, 2.24) is 10.2 Å². The first-order valence-corrected chi connectivity index (χ1v) is 11.6. The summed E-state index contributed by atoms with van der Waals surface area (Å²) >= 11 is 0. The van der Waals surface area contributed by atoms with Crippen molar-refractivity contribution in [2.75, 3.05) is 7.11 Å². The number of amidine groups is 2. The van der Waals surface area contributed by atoms with Crippen LogP contribution in [0.1, 0.15) is 53.2 Å². The Bertz CT molecular complexity index is 1170. The predicted molar refractivity (Wildman–Crippen MR) is 129 cm³/mol. The summed E-state index contributed by atoms with van der Waals surface area (Å²) in [6.07, 6.45) is 8.54. The number of nitrogens with two attached hydrogens (primary N) is 1. The molecule has 7 nitrogen and oxygen atoms in total. The third-order valence-corrected chi connectivity index (χ3v) is 6.79. The van der Waals surface area contributed by atoms with Crippen LogP contribution in [0.3, 0.4) is 0 Å². The van der Waals surface area contributed by atoms with Crippen LogP contribution in [-0.4, -0.2) is 35.6 Å². The van der Waals surface area contributed by atoms with Crippen LogP contribution in [0.25, 0.3) is 0 Å². The molecule has 5 rings (SSSR count). The van der Waals surface area contributed by atoms with Crippen LogP contribution >= 0.6 is 0 Å². The van der Waals surface area contributed by atoms with Crippen LogP contribution in [0.15, 0.2) is 64.8 Å². The standard InChI is InChI=1S/C26H28FN5O2/c1-34-21-11-10-19(27)14-20(21)26(33)30-15-16-6-8-17(9-7-16)22-23-24(28)29-12-13-32(23)25(31-22)18-4-2-3-5-18/h6-14,18,22-23H,2-5,15H2,1H3,(H2,28,29)(H,30,33). The molecule has 176 valence electrons. The van der Waals surface area contributed by atoms with Crippen molar-refractivity contribution in [1.29, 1.82) is 0 Å². The molecule has 2 atom stereocenters. The maximum atomic E-state index is 13.6. The summed E-state index contributed by atoms with van der Waals surface area (Å²) in [7, 11) is 1.45. The fourth-order valence-electron chi connectivity index (χ4n) is 5.04. The zero-order chi connectivity index (χ0) is 23.7. The number of carbonyl (C=O) groups is 1. The molecule has 3 aliphatic rings. The van der Waals surface area contributed by atoms with E-state index >= 15 is 0 Å². The summed E-state index contributed by atoms with van der Waals surface area (Å²) in [4.78, 5) is 24.2. The van der Waals surface area contributed by atoms with Crippen molar-refractivity contribution >= 4 is 17.6 Å². The molecular weight excluding hydrogens is 433 g/mol. The van der Waals surface area contributed by atoms with Crippen molar-refractivity contribution in [3.05, 3.63) is 77.4 Å². The van der Waals surface area contributed by atoms with Gasteiger partial charge in [-0.05, 0) is 42.2 Å². The van der Waals surface area contributed by atoms with Gasteiger partial charge in [0.25, 0.3) is 5.91 Å². The van der Waals surface area contributed by atoms with Gasteiger partial charge in [-0.1, -0.05) is 37.1 Å². The normalized spacial score (nSPS) is 21.8. The van der Waals surface area contributed by atoms with Gasteiger partial charge in [-0.15, -0.1) is 0 Å². The molecule has 0 saturated heterocycles. The quantitative estimate of drug-likeness (QED) is 0.682. The van der Waals surface area contributed by atoms with E-state index in [0.29, 0.717) is 24.0 Å². The zero-order valence-electron chi connectivity index (χ0n) is 19.1. The number of carbonyl (C=O) groups excluding carboxylic acids is 1. The average Bonchev–Trinajstić information content (AvgIpc) is 3.52. The van der Waals surface area contributed by atoms with Gasteiger partial charge in [-0.2, -0.15) is 0 Å². The number of halogens is 1. The van der Waals surface area contributed by atoms with Crippen molar-refractivity contribution < 1.29 is 13.9 Å². The van der Waals surface area contributed by atoms with E-state index < -0.39 is 11.7 Å². The molecule has 2 unspecified atom stereocenters. The van der Waals surface area contributed by atoms with Gasteiger partial charge in [0.15, 0.2) is 0 Å². The SMILES string of the molecule is COc1ccc(F)cc1C(=O)NCc1ccc(C2N=C(C3CCCC3)N3C=CN=C(N)C23)cc1. The van der Waals surface area contributed by atoms with E-state index in [2.05, 4.69) is 15.2 Å². The lowest BCUT2D eigenvalue weighted by Crippen LogP contribution is -2.46. The van der Waals surface area contributed by atoms with Gasteiger partial charge in [0.05, 0.1) is 12.7 Å². The Morgan fingerprint density at radius 3 is 2.71 bits per heavy atom. The number of amides is 1. The minimum Gasteiger partial charge on any atom is -0.496 e. The van der Waals surface area contributed by atoms with Crippen LogP contribution in [0.4, 0.5) is 4.39 Å². The highest BCUT2D eigenvalue weighted by atomic mass is 19.1. The molecule has 2 aliphatic heterocycles. The summed E-state index contributed by atoms with van der Waals surface area (Å²) in [6.45, 7) is 0.307. The van der Waals surface area contributed by atoms with E-state index in [4.69, 9.17) is 15.5 Å². The van der Waals surface area contributed by atoms with Crippen molar-refractivity contribution in [3.63, 3.8) is 0 Å². The summed E-state index contributed by atoms with van der Waals surface area (Å²) < 4.78 is 18.8. The van der Waals surface area contributed by atoms with Gasteiger partial charge in [0.2, 0.25) is 0 Å². The number of hydrogen-bond acceptors (Lipinski definition) is 6. The molecule has 0 spiro atoms.